The third kappa shape index (κ3) is 3.07. The van der Waals surface area contributed by atoms with Gasteiger partial charge in [-0.2, -0.15) is 5.10 Å². The molecule has 0 amide bonds. The number of likely N-dealkylation sites (tertiary alicyclic amines) is 1. The van der Waals surface area contributed by atoms with Crippen LogP contribution in [0.2, 0.25) is 0 Å². The molecule has 0 saturated carbocycles. The SMILES string of the molecule is CCc1nnc(NC2CCN(C)C2)c(C(N)=S)c1CC. The number of thiocarbonyl (C=S) groups is 1. The van der Waals surface area contributed by atoms with Gasteiger partial charge in [0.25, 0.3) is 0 Å². The van der Waals surface area contributed by atoms with Gasteiger partial charge < -0.3 is 16.0 Å². The molecule has 0 radical (unpaired) electrons. The Morgan fingerprint density at radius 2 is 2.15 bits per heavy atom. The smallest absolute Gasteiger partial charge is 0.159 e. The fraction of sp³-hybridized carbons (Fsp3) is 0.643. The molecule has 0 bridgehead atoms. The second kappa shape index (κ2) is 6.45. The van der Waals surface area contributed by atoms with E-state index in [0.717, 1.165) is 55.0 Å². The first-order valence-corrected chi connectivity index (χ1v) is 7.60. The largest absolute Gasteiger partial charge is 0.389 e. The molecule has 1 unspecified atom stereocenters. The van der Waals surface area contributed by atoms with Crippen LogP contribution in [0, 0.1) is 0 Å². The van der Waals surface area contributed by atoms with E-state index >= 15 is 0 Å². The summed E-state index contributed by atoms with van der Waals surface area (Å²) in [4.78, 5) is 2.70. The molecule has 1 aromatic heterocycles. The summed E-state index contributed by atoms with van der Waals surface area (Å²) in [6.45, 7) is 6.28. The van der Waals surface area contributed by atoms with Crippen LogP contribution in [0.3, 0.4) is 0 Å². The van der Waals surface area contributed by atoms with Gasteiger partial charge in [0.2, 0.25) is 0 Å². The van der Waals surface area contributed by atoms with Crippen LogP contribution >= 0.6 is 12.2 Å². The van der Waals surface area contributed by atoms with Gasteiger partial charge in [-0.05, 0) is 38.4 Å². The number of aryl methyl sites for hydroxylation is 1. The highest BCUT2D eigenvalue weighted by molar-refractivity contribution is 7.80. The Bertz CT molecular complexity index is 503. The highest BCUT2D eigenvalue weighted by Crippen LogP contribution is 2.23. The Labute approximate surface area is 125 Å². The lowest BCUT2D eigenvalue weighted by Gasteiger charge is -2.19. The summed E-state index contributed by atoms with van der Waals surface area (Å²) in [6, 6.07) is 0.389. The number of likely N-dealkylation sites (N-methyl/N-ethyl adjacent to an activating group) is 1. The number of nitrogens with two attached hydrogens (primary N) is 1. The molecule has 1 aliphatic heterocycles. The fourth-order valence-electron chi connectivity index (χ4n) is 2.79. The fourth-order valence-corrected chi connectivity index (χ4v) is 3.01. The molecular weight excluding hydrogens is 270 g/mol. The summed E-state index contributed by atoms with van der Waals surface area (Å²) in [5, 5.41) is 12.1. The lowest BCUT2D eigenvalue weighted by atomic mass is 10.0. The first-order valence-electron chi connectivity index (χ1n) is 7.20. The minimum Gasteiger partial charge on any atom is -0.389 e. The number of aromatic nitrogens is 2. The molecule has 1 aliphatic rings. The van der Waals surface area contributed by atoms with Gasteiger partial charge in [-0.1, -0.05) is 26.1 Å². The maximum atomic E-state index is 5.93. The normalized spacial score (nSPS) is 19.2. The topological polar surface area (TPSA) is 67.1 Å². The minimum atomic E-state index is 0.389. The second-order valence-electron chi connectivity index (χ2n) is 5.31. The van der Waals surface area contributed by atoms with E-state index in [-0.39, 0.29) is 0 Å². The lowest BCUT2D eigenvalue weighted by Crippen LogP contribution is -2.27. The maximum Gasteiger partial charge on any atom is 0.159 e. The molecule has 1 aromatic rings. The summed E-state index contributed by atoms with van der Waals surface area (Å²) in [6.07, 6.45) is 2.81. The number of nitrogens with zero attached hydrogens (tertiary/aromatic N) is 3. The average molecular weight is 293 g/mol. The van der Waals surface area contributed by atoms with Gasteiger partial charge in [0, 0.05) is 12.6 Å². The van der Waals surface area contributed by atoms with Gasteiger partial charge in [0.05, 0.1) is 11.3 Å². The van der Waals surface area contributed by atoms with E-state index in [0.29, 0.717) is 11.0 Å². The van der Waals surface area contributed by atoms with Crippen LogP contribution in [0.4, 0.5) is 5.82 Å². The number of hydrogen-bond acceptors (Lipinski definition) is 5. The van der Waals surface area contributed by atoms with Crippen LogP contribution in [0.15, 0.2) is 0 Å². The molecule has 3 N–H and O–H groups in total. The molecule has 2 rings (SSSR count). The van der Waals surface area contributed by atoms with Crippen LogP contribution in [-0.4, -0.2) is 46.3 Å². The number of nitrogens with one attached hydrogen (secondary N) is 1. The predicted octanol–water partition coefficient (Wildman–Crippen LogP) is 1.35. The molecular formula is C14H23N5S. The summed E-state index contributed by atoms with van der Waals surface area (Å²) in [7, 11) is 2.12. The van der Waals surface area contributed by atoms with E-state index in [1.807, 2.05) is 0 Å². The molecule has 0 aliphatic carbocycles. The molecule has 2 heterocycles. The van der Waals surface area contributed by atoms with Crippen LogP contribution in [0.5, 0.6) is 0 Å². The summed E-state index contributed by atoms with van der Waals surface area (Å²) >= 11 is 5.23. The third-order valence-electron chi connectivity index (χ3n) is 3.82. The minimum absolute atomic E-state index is 0.389. The van der Waals surface area contributed by atoms with Crippen molar-refractivity contribution in [2.75, 3.05) is 25.5 Å². The van der Waals surface area contributed by atoms with E-state index < -0.39 is 0 Å². The van der Waals surface area contributed by atoms with Gasteiger partial charge in [-0.15, -0.1) is 5.10 Å². The number of hydrogen-bond donors (Lipinski definition) is 2. The number of rotatable bonds is 5. The van der Waals surface area contributed by atoms with Crippen molar-refractivity contribution in [2.24, 2.45) is 5.73 Å². The first kappa shape index (κ1) is 15.1. The van der Waals surface area contributed by atoms with E-state index in [9.17, 15) is 0 Å². The molecule has 110 valence electrons. The van der Waals surface area contributed by atoms with Gasteiger partial charge in [-0.3, -0.25) is 0 Å². The van der Waals surface area contributed by atoms with E-state index in [4.69, 9.17) is 18.0 Å². The van der Waals surface area contributed by atoms with Crippen molar-refractivity contribution in [1.29, 1.82) is 0 Å². The monoisotopic (exact) mass is 293 g/mol. The summed E-state index contributed by atoms with van der Waals surface area (Å²) in [5.74, 6) is 0.742. The Morgan fingerprint density at radius 3 is 2.65 bits per heavy atom. The van der Waals surface area contributed by atoms with E-state index in [1.54, 1.807) is 0 Å². The first-order chi connectivity index (χ1) is 9.56. The molecule has 1 atom stereocenters. The lowest BCUT2D eigenvalue weighted by molar-refractivity contribution is 0.414. The van der Waals surface area contributed by atoms with Crippen molar-refractivity contribution in [1.82, 2.24) is 15.1 Å². The predicted molar refractivity (Wildman–Crippen MR) is 86.2 cm³/mol. The Balaban J connectivity index is 2.34. The Hall–Kier alpha value is -1.27. The molecule has 1 saturated heterocycles. The average Bonchev–Trinajstić information content (AvgIpc) is 2.83. The van der Waals surface area contributed by atoms with Crippen molar-refractivity contribution in [3.63, 3.8) is 0 Å². The van der Waals surface area contributed by atoms with Gasteiger partial charge in [-0.25, -0.2) is 0 Å². The van der Waals surface area contributed by atoms with E-state index in [2.05, 4.69) is 41.3 Å². The maximum absolute atomic E-state index is 5.93. The third-order valence-corrected chi connectivity index (χ3v) is 4.03. The van der Waals surface area contributed by atoms with Crippen molar-refractivity contribution in [2.45, 2.75) is 39.2 Å². The van der Waals surface area contributed by atoms with Crippen LogP contribution in [0.1, 0.15) is 37.1 Å². The second-order valence-corrected chi connectivity index (χ2v) is 5.75. The summed E-state index contributed by atoms with van der Waals surface area (Å²) in [5.41, 5.74) is 8.93. The van der Waals surface area contributed by atoms with Crippen molar-refractivity contribution in [3.05, 3.63) is 16.8 Å². The zero-order valence-electron chi connectivity index (χ0n) is 12.4. The van der Waals surface area contributed by atoms with Crippen LogP contribution in [-0.2, 0) is 12.8 Å². The Morgan fingerprint density at radius 1 is 1.40 bits per heavy atom. The molecule has 6 heteroatoms. The summed E-state index contributed by atoms with van der Waals surface area (Å²) < 4.78 is 0. The van der Waals surface area contributed by atoms with Gasteiger partial charge in [0.15, 0.2) is 5.82 Å². The van der Waals surface area contributed by atoms with Gasteiger partial charge >= 0.3 is 0 Å². The zero-order valence-corrected chi connectivity index (χ0v) is 13.3. The van der Waals surface area contributed by atoms with Crippen molar-refractivity contribution >= 4 is 23.0 Å². The highest BCUT2D eigenvalue weighted by atomic mass is 32.1. The molecule has 1 fully saturated rings. The Kier molecular flexibility index (Phi) is 4.88. The highest BCUT2D eigenvalue weighted by Gasteiger charge is 2.23. The van der Waals surface area contributed by atoms with Gasteiger partial charge in [0.1, 0.15) is 4.99 Å². The standard InChI is InChI=1S/C14H23N5S/c1-4-10-11(5-2)17-18-14(12(10)13(15)20)16-9-6-7-19(3)8-9/h9H,4-8H2,1-3H3,(H2,15,20)(H,16,18). The van der Waals surface area contributed by atoms with Crippen LogP contribution in [0.25, 0.3) is 0 Å². The molecule has 0 aromatic carbocycles. The van der Waals surface area contributed by atoms with Crippen molar-refractivity contribution < 1.29 is 0 Å². The van der Waals surface area contributed by atoms with Crippen LogP contribution < -0.4 is 11.1 Å². The van der Waals surface area contributed by atoms with Crippen molar-refractivity contribution in [3.8, 4) is 0 Å². The van der Waals surface area contributed by atoms with E-state index in [1.165, 1.54) is 0 Å². The molecule has 20 heavy (non-hydrogen) atoms. The quantitative estimate of drug-likeness (QED) is 0.799. The number of anilines is 1. The molecule has 0 spiro atoms. The zero-order chi connectivity index (χ0) is 14.7. The molecule has 5 nitrogen and oxygen atoms in total.